The molecule has 32 heteroatoms. The molecule has 0 aliphatic heterocycles. The maximum Gasteiger partial charge on any atom is 0.335 e. The minimum absolute atomic E-state index is 0.0243. The van der Waals surface area contributed by atoms with Crippen LogP contribution in [0.2, 0.25) is 0 Å². The summed E-state index contributed by atoms with van der Waals surface area (Å²) in [4.78, 5) is 128. The van der Waals surface area contributed by atoms with E-state index in [-0.39, 0.29) is 128 Å². The van der Waals surface area contributed by atoms with Crippen molar-refractivity contribution >= 4 is 94.3 Å². The number of aromatic carboxylic acids is 2. The fraction of sp³-hybridized carbons (Fsp3) is 0.111. The van der Waals surface area contributed by atoms with Gasteiger partial charge in [0.2, 0.25) is 9.54 Å². The SMILES string of the molecule is Nc1c(NCc2cc(CNC(=O)c3cc(C(=O)NCc4ccc(C(=O)O)cc4)n4c(=S)[nH]nc4n3)ccc2F)c(=O)c1=O.Nc1c(NCc2cc(CNC(=O)c3cc(C(=O)NCc4ccc(C(=O)O)cc4)nc4n[nH]c(=S)n34)ccc2F)c(=O)c1=O. The van der Waals surface area contributed by atoms with Crippen molar-refractivity contribution in [1.82, 2.24) is 60.4 Å². The monoisotopic (exact) mass is 1210 g/mol. The summed E-state index contributed by atoms with van der Waals surface area (Å²) >= 11 is 10.4. The fourth-order valence-electron chi connectivity index (χ4n) is 8.30. The second kappa shape index (κ2) is 24.9. The molecular formula is C54H42F2N16O12S2. The highest BCUT2D eigenvalue weighted by atomic mass is 32.1. The fourth-order valence-corrected chi connectivity index (χ4v) is 8.75. The van der Waals surface area contributed by atoms with Crippen molar-refractivity contribution < 1.29 is 47.8 Å². The highest BCUT2D eigenvalue weighted by Gasteiger charge is 2.23. The number of nitrogens with two attached hydrogens (primary N) is 2. The van der Waals surface area contributed by atoms with Gasteiger partial charge in [0, 0.05) is 50.4 Å². The van der Waals surface area contributed by atoms with Gasteiger partial charge in [-0.2, -0.15) is 0 Å². The quantitative estimate of drug-likeness (QED) is 0.0385. The van der Waals surface area contributed by atoms with Crippen LogP contribution in [0.15, 0.2) is 116 Å². The van der Waals surface area contributed by atoms with Crippen molar-refractivity contribution in [1.29, 1.82) is 0 Å². The van der Waals surface area contributed by atoms with Crippen LogP contribution in [-0.4, -0.2) is 84.9 Å². The molecule has 10 aromatic rings. The number of anilines is 4. The van der Waals surface area contributed by atoms with Crippen LogP contribution in [0.25, 0.3) is 11.6 Å². The number of carboxylic acids is 2. The first-order chi connectivity index (χ1) is 41.1. The molecule has 0 radical (unpaired) electrons. The molecule has 14 N–H and O–H groups in total. The lowest BCUT2D eigenvalue weighted by Gasteiger charge is -2.12. The molecule has 0 fully saturated rings. The lowest BCUT2D eigenvalue weighted by atomic mass is 10.1. The van der Waals surface area contributed by atoms with Crippen LogP contribution in [0.3, 0.4) is 0 Å². The number of H-pyrrole nitrogens is 2. The Hall–Kier alpha value is -11.5. The molecule has 10 rings (SSSR count). The Kier molecular flexibility index (Phi) is 17.1. The largest absolute Gasteiger partial charge is 0.478 e. The van der Waals surface area contributed by atoms with Gasteiger partial charge in [0.1, 0.15) is 57.2 Å². The molecule has 86 heavy (non-hydrogen) atoms. The van der Waals surface area contributed by atoms with Gasteiger partial charge in [0.05, 0.1) is 11.1 Å². The lowest BCUT2D eigenvalue weighted by Crippen LogP contribution is -2.37. The summed E-state index contributed by atoms with van der Waals surface area (Å²) in [6.07, 6.45) is 0. The summed E-state index contributed by atoms with van der Waals surface area (Å²) in [5.41, 5.74) is 9.80. The van der Waals surface area contributed by atoms with Crippen LogP contribution in [0, 0.1) is 21.2 Å². The second-order valence-corrected chi connectivity index (χ2v) is 19.3. The second-order valence-electron chi connectivity index (χ2n) is 18.6. The van der Waals surface area contributed by atoms with Gasteiger partial charge in [-0.1, -0.05) is 36.4 Å². The molecule has 0 atom stereocenters. The minimum Gasteiger partial charge on any atom is -0.478 e. The van der Waals surface area contributed by atoms with Crippen LogP contribution in [-0.2, 0) is 39.3 Å². The molecule has 436 valence electrons. The highest BCUT2D eigenvalue weighted by molar-refractivity contribution is 7.71. The third-order valence-corrected chi connectivity index (χ3v) is 13.5. The summed E-state index contributed by atoms with van der Waals surface area (Å²) in [6.45, 7) is -0.205. The molecule has 0 aliphatic rings. The average Bonchev–Trinajstić information content (AvgIpc) is 2.52. The topological polar surface area (TPSA) is 427 Å². The number of halogens is 2. The molecule has 4 amide bonds. The first kappa shape index (κ1) is 59.1. The summed E-state index contributed by atoms with van der Waals surface area (Å²) in [6, 6.07) is 22.6. The zero-order chi connectivity index (χ0) is 61.7. The Morgan fingerprint density at radius 2 is 0.814 bits per heavy atom. The van der Waals surface area contributed by atoms with E-state index in [9.17, 15) is 56.7 Å². The molecule has 6 aromatic carbocycles. The molecular weight excluding hydrogens is 1170 g/mol. The number of hydrogen-bond donors (Lipinski definition) is 12. The smallest absolute Gasteiger partial charge is 0.335 e. The number of nitrogens with one attached hydrogen (secondary N) is 8. The molecule has 0 unspecified atom stereocenters. The highest BCUT2D eigenvalue weighted by Crippen LogP contribution is 2.19. The van der Waals surface area contributed by atoms with Gasteiger partial charge < -0.3 is 53.6 Å². The van der Waals surface area contributed by atoms with Crippen LogP contribution >= 0.6 is 24.4 Å². The number of benzene rings is 4. The Morgan fingerprint density at radius 1 is 0.477 bits per heavy atom. The molecule has 0 saturated carbocycles. The van der Waals surface area contributed by atoms with Crippen LogP contribution in [0.1, 0.15) is 96.1 Å². The van der Waals surface area contributed by atoms with E-state index in [0.29, 0.717) is 22.3 Å². The number of carboxylic acid groups (broad SMARTS) is 2. The molecule has 4 aromatic heterocycles. The minimum atomic E-state index is -1.07. The summed E-state index contributed by atoms with van der Waals surface area (Å²) < 4.78 is 31.4. The van der Waals surface area contributed by atoms with Gasteiger partial charge in [0.15, 0.2) is 0 Å². The molecule has 0 saturated heterocycles. The van der Waals surface area contributed by atoms with Gasteiger partial charge in [-0.3, -0.25) is 38.4 Å². The number of hydrogen-bond acceptors (Lipinski definition) is 20. The van der Waals surface area contributed by atoms with E-state index in [1.807, 2.05) is 0 Å². The zero-order valence-corrected chi connectivity index (χ0v) is 45.5. The van der Waals surface area contributed by atoms with Gasteiger partial charge >= 0.3 is 11.9 Å². The number of rotatable bonds is 20. The Labute approximate surface area is 488 Å². The van der Waals surface area contributed by atoms with Gasteiger partial charge in [-0.05, 0) is 107 Å². The van der Waals surface area contributed by atoms with E-state index >= 15 is 0 Å². The molecule has 0 aliphatic carbocycles. The zero-order valence-electron chi connectivity index (χ0n) is 43.9. The van der Waals surface area contributed by atoms with E-state index < -0.39 is 68.9 Å². The van der Waals surface area contributed by atoms with Gasteiger partial charge in [-0.25, -0.2) is 47.3 Å². The number of carbonyl (C=O) groups excluding carboxylic acids is 4. The number of amides is 4. The summed E-state index contributed by atoms with van der Waals surface area (Å²) in [5.74, 6) is -5.86. The number of aromatic nitrogens is 8. The number of nitrogen functional groups attached to an aromatic ring is 2. The third-order valence-electron chi connectivity index (χ3n) is 12.9. The Balaban J connectivity index is 0.000000205. The molecule has 28 nitrogen and oxygen atoms in total. The standard InChI is InChI=1S/2C27H21FN8O6S/c28-16-6-3-13(7-15(16)11-30-20-19(29)21(37)22(20)38)10-31-23(39)17-8-18(36-26(33-17)34-35-27(36)43)24(40)32-9-12-1-4-14(5-2-12)25(41)42;28-16-6-3-13(7-15(16)11-30-20-19(29)21(37)22(20)38)10-32-24(40)18-8-17(33-26-34-35-27(43)36(18)26)23(39)31-9-12-1-4-14(5-2-12)25(41)42/h2*1-8,30H,9-11,29H2,(H,31,39)(H,32,40)(H,35,43)(H,41,42). The maximum absolute atomic E-state index is 14.4. The van der Waals surface area contributed by atoms with E-state index in [1.54, 1.807) is 24.3 Å². The number of nitrogens with zero attached hydrogens (tertiary/aromatic N) is 6. The van der Waals surface area contributed by atoms with E-state index in [0.717, 1.165) is 0 Å². The summed E-state index contributed by atoms with van der Waals surface area (Å²) in [5, 5.41) is 47.1. The first-order valence-electron chi connectivity index (χ1n) is 25.0. The number of fused-ring (bicyclic) bond motifs is 2. The third kappa shape index (κ3) is 12.7. The molecule has 0 spiro atoms. The number of carbonyl (C=O) groups is 6. The van der Waals surface area contributed by atoms with E-state index in [2.05, 4.69) is 62.3 Å². The van der Waals surface area contributed by atoms with Gasteiger partial charge in [-0.15, -0.1) is 10.2 Å². The molecule has 4 heterocycles. The number of aromatic amines is 2. The van der Waals surface area contributed by atoms with Crippen molar-refractivity contribution in [3.8, 4) is 0 Å². The Morgan fingerprint density at radius 3 is 1.16 bits per heavy atom. The van der Waals surface area contributed by atoms with Gasteiger partial charge in [0.25, 0.3) is 56.9 Å². The maximum atomic E-state index is 14.4. The first-order valence-corrected chi connectivity index (χ1v) is 25.8. The Bertz CT molecular complexity index is 4680. The predicted molar refractivity (Wildman–Crippen MR) is 307 cm³/mol. The molecule has 0 bridgehead atoms. The van der Waals surface area contributed by atoms with Crippen molar-refractivity contribution in [2.75, 3.05) is 22.1 Å². The summed E-state index contributed by atoms with van der Waals surface area (Å²) in [7, 11) is 0. The average molecular weight is 1210 g/mol. The normalized spacial score (nSPS) is 11.0. The van der Waals surface area contributed by atoms with Crippen molar-refractivity contribution in [2.45, 2.75) is 39.3 Å². The van der Waals surface area contributed by atoms with Crippen LogP contribution < -0.4 is 65.1 Å². The van der Waals surface area contributed by atoms with E-state index in [4.69, 9.17) is 46.1 Å². The van der Waals surface area contributed by atoms with E-state index in [1.165, 1.54) is 81.6 Å². The van der Waals surface area contributed by atoms with Crippen LogP contribution in [0.4, 0.5) is 31.5 Å². The lowest BCUT2D eigenvalue weighted by molar-refractivity contribution is 0.0686. The predicted octanol–water partition coefficient (Wildman–Crippen LogP) is 2.55. The van der Waals surface area contributed by atoms with Crippen molar-refractivity contribution in [3.63, 3.8) is 0 Å². The van der Waals surface area contributed by atoms with Crippen LogP contribution in [0.5, 0.6) is 0 Å². The van der Waals surface area contributed by atoms with Crippen molar-refractivity contribution in [3.05, 3.63) is 226 Å². The van der Waals surface area contributed by atoms with Crippen molar-refractivity contribution in [2.24, 2.45) is 0 Å².